The van der Waals surface area contributed by atoms with Crippen molar-refractivity contribution in [2.75, 3.05) is 7.11 Å². The van der Waals surface area contributed by atoms with Crippen molar-refractivity contribution in [3.05, 3.63) is 130 Å². The van der Waals surface area contributed by atoms with Gasteiger partial charge < -0.3 is 4.74 Å². The SMILES string of the molecule is CCCC(CC)(Pc1ccc(F)cc1C=O)c1cc(Cc2ccccc2)cc(Cc2ccccc2)c1OC. The Hall–Kier alpha value is -3.29. The Morgan fingerprint density at radius 3 is 2.08 bits per heavy atom. The molecule has 0 radical (unpaired) electrons. The Balaban J connectivity index is 1.90. The second-order valence-electron chi connectivity index (χ2n) is 9.82. The zero-order chi connectivity index (χ0) is 27.0. The summed E-state index contributed by atoms with van der Waals surface area (Å²) in [7, 11) is 2.06. The van der Waals surface area contributed by atoms with Crippen LogP contribution in [0.4, 0.5) is 4.39 Å². The van der Waals surface area contributed by atoms with Crippen LogP contribution < -0.4 is 10.0 Å². The molecule has 0 amide bonds. The first-order chi connectivity index (χ1) is 18.5. The van der Waals surface area contributed by atoms with Crippen molar-refractivity contribution in [1.82, 2.24) is 0 Å². The molecule has 0 bridgehead atoms. The van der Waals surface area contributed by atoms with Crippen LogP contribution >= 0.6 is 8.58 Å². The molecule has 0 spiro atoms. The molecule has 0 aromatic heterocycles. The van der Waals surface area contributed by atoms with Crippen LogP contribution in [0.2, 0.25) is 0 Å². The van der Waals surface area contributed by atoms with Crippen LogP contribution in [0.25, 0.3) is 0 Å². The molecule has 4 aromatic carbocycles. The van der Waals surface area contributed by atoms with E-state index >= 15 is 0 Å². The summed E-state index contributed by atoms with van der Waals surface area (Å²) >= 11 is 0. The Morgan fingerprint density at radius 1 is 0.842 bits per heavy atom. The smallest absolute Gasteiger partial charge is 0.150 e. The van der Waals surface area contributed by atoms with E-state index < -0.39 is 0 Å². The molecule has 0 aliphatic heterocycles. The number of carbonyl (C=O) groups is 1. The van der Waals surface area contributed by atoms with Crippen molar-refractivity contribution in [3.8, 4) is 5.75 Å². The van der Waals surface area contributed by atoms with Crippen LogP contribution in [0.1, 0.15) is 71.3 Å². The van der Waals surface area contributed by atoms with Gasteiger partial charge in [0, 0.05) is 22.7 Å². The molecule has 4 aromatic rings. The van der Waals surface area contributed by atoms with Gasteiger partial charge in [-0.05, 0) is 59.0 Å². The third kappa shape index (κ3) is 6.40. The Labute approximate surface area is 228 Å². The minimum atomic E-state index is -0.383. The highest BCUT2D eigenvalue weighted by Gasteiger charge is 2.35. The number of hydrogen-bond acceptors (Lipinski definition) is 2. The van der Waals surface area contributed by atoms with Gasteiger partial charge in [-0.25, -0.2) is 4.39 Å². The average molecular weight is 527 g/mol. The van der Waals surface area contributed by atoms with Crippen LogP contribution in [0.3, 0.4) is 0 Å². The first-order valence-corrected chi connectivity index (χ1v) is 14.3. The van der Waals surface area contributed by atoms with Crippen LogP contribution in [0.5, 0.6) is 5.75 Å². The molecule has 196 valence electrons. The number of benzene rings is 4. The van der Waals surface area contributed by atoms with Crippen molar-refractivity contribution in [1.29, 1.82) is 0 Å². The topological polar surface area (TPSA) is 26.3 Å². The molecular formula is C34H36FO2P. The van der Waals surface area contributed by atoms with E-state index in [1.165, 1.54) is 34.4 Å². The van der Waals surface area contributed by atoms with Gasteiger partial charge >= 0.3 is 0 Å². The standard InChI is InChI=1S/C34H36FO2P/c1-4-18-34(5-2,38-32-17-16-30(35)23-29(32)24-36)31-22-27(19-25-12-8-6-9-13-25)21-28(33(31)37-3)20-26-14-10-7-11-15-26/h6-17,21-24,38H,4-5,18-20H2,1-3H3. The van der Waals surface area contributed by atoms with Crippen molar-refractivity contribution < 1.29 is 13.9 Å². The Bertz CT molecular complexity index is 1350. The molecule has 0 N–H and O–H groups in total. The fourth-order valence-electron chi connectivity index (χ4n) is 5.38. The minimum Gasteiger partial charge on any atom is -0.496 e. The number of methoxy groups -OCH3 is 1. The largest absolute Gasteiger partial charge is 0.496 e. The molecule has 38 heavy (non-hydrogen) atoms. The highest BCUT2D eigenvalue weighted by molar-refractivity contribution is 7.48. The van der Waals surface area contributed by atoms with Crippen LogP contribution in [0.15, 0.2) is 91.0 Å². The van der Waals surface area contributed by atoms with Crippen molar-refractivity contribution in [2.45, 2.75) is 51.1 Å². The molecule has 0 fully saturated rings. The van der Waals surface area contributed by atoms with Gasteiger partial charge in [-0.2, -0.15) is 0 Å². The van der Waals surface area contributed by atoms with Crippen LogP contribution in [-0.4, -0.2) is 13.4 Å². The fourth-order valence-corrected chi connectivity index (χ4v) is 7.21. The zero-order valence-corrected chi connectivity index (χ0v) is 23.5. The highest BCUT2D eigenvalue weighted by atomic mass is 31.1. The summed E-state index contributed by atoms with van der Waals surface area (Å²) in [5.41, 5.74) is 6.51. The predicted octanol–water partition coefficient (Wildman–Crippen LogP) is 8.24. The van der Waals surface area contributed by atoms with E-state index in [2.05, 4.69) is 74.5 Å². The van der Waals surface area contributed by atoms with Crippen molar-refractivity contribution in [3.63, 3.8) is 0 Å². The molecule has 2 unspecified atom stereocenters. The summed E-state index contributed by atoms with van der Waals surface area (Å²) < 4.78 is 20.2. The van der Waals surface area contributed by atoms with Crippen LogP contribution in [-0.2, 0) is 18.0 Å². The van der Waals surface area contributed by atoms with E-state index in [0.717, 1.165) is 55.0 Å². The molecule has 2 atom stereocenters. The number of hydrogen-bond donors (Lipinski definition) is 0. The second kappa shape index (κ2) is 13.0. The maximum absolute atomic E-state index is 14.0. The monoisotopic (exact) mass is 526 g/mol. The Kier molecular flexibility index (Phi) is 9.48. The molecule has 4 heteroatoms. The summed E-state index contributed by atoms with van der Waals surface area (Å²) in [6.07, 6.45) is 5.17. The lowest BCUT2D eigenvalue weighted by atomic mass is 9.85. The van der Waals surface area contributed by atoms with E-state index in [1.807, 2.05) is 12.1 Å². The lowest BCUT2D eigenvalue weighted by Crippen LogP contribution is -2.25. The van der Waals surface area contributed by atoms with E-state index in [4.69, 9.17) is 4.74 Å². The molecule has 4 rings (SSSR count). The molecule has 0 aliphatic rings. The van der Waals surface area contributed by atoms with Gasteiger partial charge in [0.1, 0.15) is 11.6 Å². The normalized spacial score (nSPS) is 12.9. The molecule has 0 saturated heterocycles. The van der Waals surface area contributed by atoms with E-state index in [9.17, 15) is 9.18 Å². The Morgan fingerprint density at radius 2 is 1.50 bits per heavy atom. The van der Waals surface area contributed by atoms with Gasteiger partial charge in [-0.1, -0.05) is 108 Å². The number of carbonyl (C=O) groups excluding carboxylic acids is 1. The fraction of sp³-hybridized carbons (Fsp3) is 0.265. The van der Waals surface area contributed by atoms with Gasteiger partial charge in [0.25, 0.3) is 0 Å². The van der Waals surface area contributed by atoms with E-state index in [0.29, 0.717) is 14.1 Å². The first-order valence-electron chi connectivity index (χ1n) is 13.3. The summed E-state index contributed by atoms with van der Waals surface area (Å²) in [6.45, 7) is 4.41. The first kappa shape index (κ1) is 27.7. The maximum atomic E-state index is 14.0. The zero-order valence-electron chi connectivity index (χ0n) is 22.5. The predicted molar refractivity (Wildman–Crippen MR) is 158 cm³/mol. The lowest BCUT2D eigenvalue weighted by molar-refractivity contribution is 0.112. The third-order valence-corrected chi connectivity index (χ3v) is 9.30. The number of aldehydes is 1. The molecule has 0 aliphatic carbocycles. The minimum absolute atomic E-state index is 0.242. The number of rotatable bonds is 12. The third-order valence-electron chi connectivity index (χ3n) is 7.23. The van der Waals surface area contributed by atoms with Gasteiger partial charge in [-0.15, -0.1) is 0 Å². The molecular weight excluding hydrogens is 490 g/mol. The quantitative estimate of drug-likeness (QED) is 0.137. The molecule has 0 saturated carbocycles. The molecule has 0 heterocycles. The van der Waals surface area contributed by atoms with Crippen molar-refractivity contribution in [2.24, 2.45) is 0 Å². The summed E-state index contributed by atoms with van der Waals surface area (Å²) in [4.78, 5) is 11.9. The summed E-state index contributed by atoms with van der Waals surface area (Å²) in [6, 6.07) is 30.2. The lowest BCUT2D eigenvalue weighted by Gasteiger charge is -2.36. The number of halogens is 1. The van der Waals surface area contributed by atoms with E-state index in [-0.39, 0.29) is 11.0 Å². The highest BCUT2D eigenvalue weighted by Crippen LogP contribution is 2.52. The van der Waals surface area contributed by atoms with E-state index in [1.54, 1.807) is 13.2 Å². The van der Waals surface area contributed by atoms with Gasteiger partial charge in [0.2, 0.25) is 0 Å². The van der Waals surface area contributed by atoms with Gasteiger partial charge in [-0.3, -0.25) is 4.79 Å². The molecule has 2 nitrogen and oxygen atoms in total. The second-order valence-corrected chi connectivity index (χ2v) is 11.6. The summed E-state index contributed by atoms with van der Waals surface area (Å²) in [5.74, 6) is 0.536. The van der Waals surface area contributed by atoms with Gasteiger partial charge in [0.15, 0.2) is 6.29 Å². The van der Waals surface area contributed by atoms with Crippen LogP contribution in [0, 0.1) is 5.82 Å². The summed E-state index contributed by atoms with van der Waals surface area (Å²) in [5, 5.41) is 0.658. The average Bonchev–Trinajstić information content (AvgIpc) is 2.94. The van der Waals surface area contributed by atoms with Gasteiger partial charge in [0.05, 0.1) is 7.11 Å². The van der Waals surface area contributed by atoms with Crippen molar-refractivity contribution >= 4 is 20.2 Å². The maximum Gasteiger partial charge on any atom is 0.150 e. The number of ether oxygens (including phenoxy) is 1.